The van der Waals surface area contributed by atoms with Crippen molar-refractivity contribution < 1.29 is 32.0 Å². The Morgan fingerprint density at radius 1 is 1.12 bits per heavy atom. The number of esters is 1. The Kier molecular flexibility index (Phi) is 5.90. The van der Waals surface area contributed by atoms with Gasteiger partial charge < -0.3 is 14.5 Å². The summed E-state index contributed by atoms with van der Waals surface area (Å²) in [5, 5.41) is 6.92. The monoisotopic (exact) mass is 380 g/mol. The SMILES string of the molecule is CCC(=O)Nc1ccc(C(=O)COC(=O)c2ccc(S(N)(=O)=O)o2)cc1. The van der Waals surface area contributed by atoms with Crippen LogP contribution in [0.1, 0.15) is 34.3 Å². The highest BCUT2D eigenvalue weighted by molar-refractivity contribution is 7.89. The molecule has 3 N–H and O–H groups in total. The van der Waals surface area contributed by atoms with Gasteiger partial charge in [0, 0.05) is 17.7 Å². The van der Waals surface area contributed by atoms with E-state index in [0.717, 1.165) is 12.1 Å². The van der Waals surface area contributed by atoms with Crippen LogP contribution in [-0.2, 0) is 19.6 Å². The Hall–Kier alpha value is -2.98. The van der Waals surface area contributed by atoms with Crippen LogP contribution in [0.4, 0.5) is 5.69 Å². The fourth-order valence-electron chi connectivity index (χ4n) is 1.86. The molecule has 0 fully saturated rings. The number of sulfonamides is 1. The average Bonchev–Trinajstić information content (AvgIpc) is 3.10. The Labute approximate surface area is 149 Å². The van der Waals surface area contributed by atoms with Crippen molar-refractivity contribution in [1.82, 2.24) is 0 Å². The fraction of sp³-hybridized carbons (Fsp3) is 0.188. The van der Waals surface area contributed by atoms with E-state index in [2.05, 4.69) is 5.32 Å². The highest BCUT2D eigenvalue weighted by Crippen LogP contribution is 2.14. The largest absolute Gasteiger partial charge is 0.451 e. The number of ketones is 1. The molecule has 1 aromatic carbocycles. The summed E-state index contributed by atoms with van der Waals surface area (Å²) in [5.41, 5.74) is 0.813. The highest BCUT2D eigenvalue weighted by atomic mass is 32.2. The first-order valence-electron chi connectivity index (χ1n) is 7.43. The molecule has 0 radical (unpaired) electrons. The molecule has 0 aliphatic carbocycles. The van der Waals surface area contributed by atoms with E-state index in [4.69, 9.17) is 14.3 Å². The van der Waals surface area contributed by atoms with E-state index < -0.39 is 33.5 Å². The molecule has 26 heavy (non-hydrogen) atoms. The molecule has 2 aromatic rings. The summed E-state index contributed by atoms with van der Waals surface area (Å²) < 4.78 is 31.7. The summed E-state index contributed by atoms with van der Waals surface area (Å²) in [7, 11) is -4.08. The lowest BCUT2D eigenvalue weighted by molar-refractivity contribution is -0.115. The second-order valence-electron chi connectivity index (χ2n) is 5.14. The molecule has 1 aromatic heterocycles. The molecule has 0 saturated carbocycles. The van der Waals surface area contributed by atoms with Gasteiger partial charge in [-0.05, 0) is 36.4 Å². The molecule has 0 bridgehead atoms. The topological polar surface area (TPSA) is 146 Å². The number of hydrogen-bond donors (Lipinski definition) is 2. The van der Waals surface area contributed by atoms with Crippen LogP contribution in [0.5, 0.6) is 0 Å². The third-order valence-corrected chi connectivity index (χ3v) is 3.99. The van der Waals surface area contributed by atoms with Crippen LogP contribution in [0.25, 0.3) is 0 Å². The number of primary sulfonamides is 1. The molecule has 9 nitrogen and oxygen atoms in total. The van der Waals surface area contributed by atoms with E-state index >= 15 is 0 Å². The van der Waals surface area contributed by atoms with E-state index in [9.17, 15) is 22.8 Å². The summed E-state index contributed by atoms with van der Waals surface area (Å²) in [6.45, 7) is 1.15. The lowest BCUT2D eigenvalue weighted by atomic mass is 10.1. The van der Waals surface area contributed by atoms with Gasteiger partial charge in [-0.25, -0.2) is 18.4 Å². The molecule has 1 heterocycles. The number of ether oxygens (including phenoxy) is 1. The maximum Gasteiger partial charge on any atom is 0.374 e. The van der Waals surface area contributed by atoms with Crippen molar-refractivity contribution in [2.75, 3.05) is 11.9 Å². The van der Waals surface area contributed by atoms with Gasteiger partial charge in [0.2, 0.25) is 16.8 Å². The molecule has 10 heteroatoms. The zero-order valence-corrected chi connectivity index (χ0v) is 14.5. The molecular formula is C16H16N2O7S. The molecule has 2 rings (SSSR count). The standard InChI is InChI=1S/C16H16N2O7S/c1-2-14(20)18-11-5-3-10(4-6-11)12(19)9-24-16(21)13-7-8-15(25-13)26(17,22)23/h3-8H,2,9H2,1H3,(H,18,20)(H2,17,22,23). The smallest absolute Gasteiger partial charge is 0.374 e. The number of nitrogens with one attached hydrogen (secondary N) is 1. The van der Waals surface area contributed by atoms with Crippen LogP contribution in [0.2, 0.25) is 0 Å². The van der Waals surface area contributed by atoms with Gasteiger partial charge in [-0.3, -0.25) is 9.59 Å². The van der Waals surface area contributed by atoms with Gasteiger partial charge in [0.15, 0.2) is 12.4 Å². The van der Waals surface area contributed by atoms with Crippen LogP contribution >= 0.6 is 0 Å². The van der Waals surface area contributed by atoms with Crippen molar-refractivity contribution in [3.63, 3.8) is 0 Å². The summed E-state index contributed by atoms with van der Waals surface area (Å²) >= 11 is 0. The predicted molar refractivity (Wildman–Crippen MR) is 90.1 cm³/mol. The van der Waals surface area contributed by atoms with Gasteiger partial charge in [-0.1, -0.05) is 6.92 Å². The van der Waals surface area contributed by atoms with Crippen molar-refractivity contribution in [2.24, 2.45) is 5.14 Å². The number of Topliss-reactive ketones (excluding diaryl/α,β-unsaturated/α-hetero) is 1. The third-order valence-electron chi connectivity index (χ3n) is 3.21. The van der Waals surface area contributed by atoms with Crippen LogP contribution in [0.15, 0.2) is 45.9 Å². The van der Waals surface area contributed by atoms with Crippen molar-refractivity contribution in [3.8, 4) is 0 Å². The van der Waals surface area contributed by atoms with Crippen molar-refractivity contribution >= 4 is 33.4 Å². The summed E-state index contributed by atoms with van der Waals surface area (Å²) in [6.07, 6.45) is 0.330. The number of nitrogens with two attached hydrogens (primary N) is 1. The van der Waals surface area contributed by atoms with Crippen molar-refractivity contribution in [1.29, 1.82) is 0 Å². The predicted octanol–water partition coefficient (Wildman–Crippen LogP) is 1.32. The van der Waals surface area contributed by atoms with Gasteiger partial charge in [-0.2, -0.15) is 0 Å². The zero-order chi connectivity index (χ0) is 19.3. The highest BCUT2D eigenvalue weighted by Gasteiger charge is 2.19. The van der Waals surface area contributed by atoms with Gasteiger partial charge in [0.1, 0.15) is 0 Å². The third kappa shape index (κ3) is 5.01. The summed E-state index contributed by atoms with van der Waals surface area (Å²) in [5.74, 6) is -2.03. The molecule has 0 saturated heterocycles. The van der Waals surface area contributed by atoms with Gasteiger partial charge >= 0.3 is 5.97 Å². The lowest BCUT2D eigenvalue weighted by Gasteiger charge is -2.05. The van der Waals surface area contributed by atoms with E-state index in [1.807, 2.05) is 0 Å². The number of furan rings is 1. The van der Waals surface area contributed by atoms with Gasteiger partial charge in [0.25, 0.3) is 10.0 Å². The molecule has 138 valence electrons. The number of benzene rings is 1. The first-order chi connectivity index (χ1) is 12.2. The maximum absolute atomic E-state index is 12.0. The van der Waals surface area contributed by atoms with Gasteiger partial charge in [-0.15, -0.1) is 0 Å². The maximum atomic E-state index is 12.0. The second-order valence-corrected chi connectivity index (χ2v) is 6.63. The molecule has 0 aliphatic rings. The Balaban J connectivity index is 1.94. The zero-order valence-electron chi connectivity index (χ0n) is 13.7. The van der Waals surface area contributed by atoms with E-state index in [1.54, 1.807) is 19.1 Å². The van der Waals surface area contributed by atoms with Crippen molar-refractivity contribution in [3.05, 3.63) is 47.7 Å². The summed E-state index contributed by atoms with van der Waals surface area (Å²) in [6, 6.07) is 8.15. The molecule has 0 spiro atoms. The second kappa shape index (κ2) is 7.93. The number of amides is 1. The number of carbonyl (C=O) groups is 3. The fourth-order valence-corrected chi connectivity index (χ4v) is 2.32. The van der Waals surface area contributed by atoms with Gasteiger partial charge in [0.05, 0.1) is 0 Å². The Morgan fingerprint density at radius 2 is 1.77 bits per heavy atom. The minimum Gasteiger partial charge on any atom is -0.451 e. The molecule has 0 atom stereocenters. The molecular weight excluding hydrogens is 364 g/mol. The number of carbonyl (C=O) groups excluding carboxylic acids is 3. The Morgan fingerprint density at radius 3 is 2.31 bits per heavy atom. The van der Waals surface area contributed by atoms with Crippen LogP contribution in [0.3, 0.4) is 0 Å². The van der Waals surface area contributed by atoms with Crippen LogP contribution in [0, 0.1) is 0 Å². The first-order valence-corrected chi connectivity index (χ1v) is 8.98. The molecule has 0 unspecified atom stereocenters. The average molecular weight is 380 g/mol. The minimum absolute atomic E-state index is 0.157. The van der Waals surface area contributed by atoms with Crippen molar-refractivity contribution in [2.45, 2.75) is 18.4 Å². The van der Waals surface area contributed by atoms with E-state index in [1.165, 1.54) is 12.1 Å². The number of anilines is 1. The van der Waals surface area contributed by atoms with Crippen LogP contribution in [-0.4, -0.2) is 32.7 Å². The van der Waals surface area contributed by atoms with E-state index in [0.29, 0.717) is 12.1 Å². The quantitative estimate of drug-likeness (QED) is 0.544. The number of rotatable bonds is 7. The normalized spacial score (nSPS) is 11.0. The van der Waals surface area contributed by atoms with E-state index in [-0.39, 0.29) is 17.2 Å². The Bertz CT molecular complexity index is 930. The molecule has 0 aliphatic heterocycles. The lowest BCUT2D eigenvalue weighted by Crippen LogP contribution is -2.14. The van der Waals surface area contributed by atoms with Crippen LogP contribution < -0.4 is 10.5 Å². The molecule has 1 amide bonds. The number of hydrogen-bond acceptors (Lipinski definition) is 7. The first kappa shape index (κ1) is 19.3. The summed E-state index contributed by atoms with van der Waals surface area (Å²) in [4.78, 5) is 35.1. The minimum atomic E-state index is -4.08.